The van der Waals surface area contributed by atoms with Crippen LogP contribution in [0.25, 0.3) is 0 Å². The predicted octanol–water partition coefficient (Wildman–Crippen LogP) is 3.42. The lowest BCUT2D eigenvalue weighted by Gasteiger charge is -2.18. The predicted molar refractivity (Wildman–Crippen MR) is 85.9 cm³/mol. The molecule has 0 saturated carbocycles. The molecule has 1 atom stereocenters. The first-order chi connectivity index (χ1) is 9.48. The third-order valence-electron chi connectivity index (χ3n) is 3.11. The summed E-state index contributed by atoms with van der Waals surface area (Å²) in [6.07, 6.45) is 2.86. The number of nitrogens with one attached hydrogen (secondary N) is 1. The van der Waals surface area contributed by atoms with Crippen LogP contribution in [0.15, 0.2) is 24.3 Å². The van der Waals surface area contributed by atoms with Crippen molar-refractivity contribution < 1.29 is 8.42 Å². The highest BCUT2D eigenvalue weighted by molar-refractivity contribution is 7.90. The minimum absolute atomic E-state index is 0.0146. The molecular formula is C15H24ClNO2S. The Kier molecular flexibility index (Phi) is 7.56. The van der Waals surface area contributed by atoms with Crippen LogP contribution in [0.3, 0.4) is 0 Å². The van der Waals surface area contributed by atoms with Crippen molar-refractivity contribution in [2.75, 3.05) is 12.3 Å². The summed E-state index contributed by atoms with van der Waals surface area (Å²) in [5.74, 6) is 0.187. The van der Waals surface area contributed by atoms with Gasteiger partial charge in [0.25, 0.3) is 0 Å². The number of sulfone groups is 1. The van der Waals surface area contributed by atoms with Gasteiger partial charge in [0.05, 0.1) is 11.5 Å². The minimum atomic E-state index is -3.16. The highest BCUT2D eigenvalue weighted by Gasteiger charge is 2.19. The van der Waals surface area contributed by atoms with Crippen molar-refractivity contribution in [3.05, 3.63) is 34.9 Å². The van der Waals surface area contributed by atoms with E-state index in [9.17, 15) is 8.42 Å². The molecule has 0 fully saturated rings. The molecule has 3 nitrogen and oxygen atoms in total. The van der Waals surface area contributed by atoms with E-state index in [2.05, 4.69) is 19.2 Å². The molecule has 1 unspecified atom stereocenters. The SMILES string of the molecule is CCCNC(CCC)CS(=O)(=O)Cc1ccccc1Cl. The minimum Gasteiger partial charge on any atom is -0.313 e. The summed E-state index contributed by atoms with van der Waals surface area (Å²) < 4.78 is 24.6. The first kappa shape index (κ1) is 17.5. The highest BCUT2D eigenvalue weighted by atomic mass is 35.5. The highest BCUT2D eigenvalue weighted by Crippen LogP contribution is 2.18. The molecule has 0 heterocycles. The summed E-state index contributed by atoms with van der Waals surface area (Å²) in [6.45, 7) is 5.00. The molecular weight excluding hydrogens is 294 g/mol. The van der Waals surface area contributed by atoms with Crippen molar-refractivity contribution >= 4 is 21.4 Å². The number of hydrogen-bond donors (Lipinski definition) is 1. The largest absolute Gasteiger partial charge is 0.313 e. The molecule has 5 heteroatoms. The normalized spacial score (nSPS) is 13.3. The van der Waals surface area contributed by atoms with Crippen LogP contribution in [-0.4, -0.2) is 26.8 Å². The summed E-state index contributed by atoms with van der Waals surface area (Å²) in [6, 6.07) is 7.16. The monoisotopic (exact) mass is 317 g/mol. The first-order valence-corrected chi connectivity index (χ1v) is 9.35. The van der Waals surface area contributed by atoms with E-state index in [-0.39, 0.29) is 17.5 Å². The van der Waals surface area contributed by atoms with E-state index in [0.29, 0.717) is 10.6 Å². The van der Waals surface area contributed by atoms with Crippen LogP contribution in [0.1, 0.15) is 38.7 Å². The molecule has 0 radical (unpaired) electrons. The molecule has 1 N–H and O–H groups in total. The van der Waals surface area contributed by atoms with Gasteiger partial charge in [0, 0.05) is 11.1 Å². The molecule has 1 aromatic rings. The van der Waals surface area contributed by atoms with Gasteiger partial charge in [0.2, 0.25) is 0 Å². The molecule has 0 aliphatic rings. The van der Waals surface area contributed by atoms with E-state index < -0.39 is 9.84 Å². The third-order valence-corrected chi connectivity index (χ3v) is 5.14. The number of rotatable bonds is 9. The maximum Gasteiger partial charge on any atom is 0.156 e. The first-order valence-electron chi connectivity index (χ1n) is 7.15. The molecule has 0 bridgehead atoms. The van der Waals surface area contributed by atoms with Crippen LogP contribution in [0.2, 0.25) is 5.02 Å². The van der Waals surface area contributed by atoms with Crippen molar-refractivity contribution in [1.29, 1.82) is 0 Å². The summed E-state index contributed by atoms with van der Waals surface area (Å²) in [5.41, 5.74) is 0.680. The third kappa shape index (κ3) is 6.25. The maximum atomic E-state index is 12.3. The van der Waals surface area contributed by atoms with Gasteiger partial charge >= 0.3 is 0 Å². The molecule has 0 aliphatic carbocycles. The Morgan fingerprint density at radius 2 is 1.90 bits per heavy atom. The topological polar surface area (TPSA) is 46.2 Å². The van der Waals surface area contributed by atoms with E-state index in [1.807, 2.05) is 6.07 Å². The van der Waals surface area contributed by atoms with Crippen molar-refractivity contribution in [1.82, 2.24) is 5.32 Å². The van der Waals surface area contributed by atoms with Crippen LogP contribution in [0.5, 0.6) is 0 Å². The molecule has 114 valence electrons. The summed E-state index contributed by atoms with van der Waals surface area (Å²) in [7, 11) is -3.16. The van der Waals surface area contributed by atoms with Gasteiger partial charge in [-0.3, -0.25) is 0 Å². The van der Waals surface area contributed by atoms with Gasteiger partial charge in [0.15, 0.2) is 9.84 Å². The summed E-state index contributed by atoms with van der Waals surface area (Å²) in [4.78, 5) is 0. The van der Waals surface area contributed by atoms with Gasteiger partial charge in [-0.15, -0.1) is 0 Å². The van der Waals surface area contributed by atoms with E-state index in [4.69, 9.17) is 11.6 Å². The van der Waals surface area contributed by atoms with Gasteiger partial charge in [-0.25, -0.2) is 8.42 Å². The number of benzene rings is 1. The standard InChI is InChI=1S/C15H24ClNO2S/c1-3-7-14(17-10-4-2)12-20(18,19)11-13-8-5-6-9-15(13)16/h5-6,8-9,14,17H,3-4,7,10-12H2,1-2H3. The molecule has 0 spiro atoms. The van der Waals surface area contributed by atoms with Crippen molar-refractivity contribution in [3.8, 4) is 0 Å². The lowest BCUT2D eigenvalue weighted by molar-refractivity contribution is 0.499. The Balaban J connectivity index is 2.69. The quantitative estimate of drug-likeness (QED) is 0.759. The lowest BCUT2D eigenvalue weighted by Crippen LogP contribution is -2.36. The molecule has 0 aliphatic heterocycles. The van der Waals surface area contributed by atoms with Crippen LogP contribution < -0.4 is 5.32 Å². The van der Waals surface area contributed by atoms with Gasteiger partial charge in [-0.1, -0.05) is 50.1 Å². The Morgan fingerprint density at radius 1 is 1.20 bits per heavy atom. The fraction of sp³-hybridized carbons (Fsp3) is 0.600. The average Bonchev–Trinajstić information content (AvgIpc) is 2.38. The Morgan fingerprint density at radius 3 is 2.50 bits per heavy atom. The smallest absolute Gasteiger partial charge is 0.156 e. The number of halogens is 1. The number of hydrogen-bond acceptors (Lipinski definition) is 3. The molecule has 0 amide bonds. The van der Waals surface area contributed by atoms with Gasteiger partial charge < -0.3 is 5.32 Å². The second-order valence-electron chi connectivity index (χ2n) is 5.09. The van der Waals surface area contributed by atoms with Crippen molar-refractivity contribution in [3.63, 3.8) is 0 Å². The summed E-state index contributed by atoms with van der Waals surface area (Å²) in [5, 5.41) is 3.83. The van der Waals surface area contributed by atoms with Gasteiger partial charge in [-0.05, 0) is 31.0 Å². The average molecular weight is 318 g/mol. The Bertz CT molecular complexity index is 502. The fourth-order valence-corrected chi connectivity index (χ4v) is 4.18. The van der Waals surface area contributed by atoms with Crippen molar-refractivity contribution in [2.24, 2.45) is 0 Å². The second kappa shape index (κ2) is 8.65. The van der Waals surface area contributed by atoms with E-state index in [1.54, 1.807) is 18.2 Å². The van der Waals surface area contributed by atoms with E-state index in [0.717, 1.165) is 25.8 Å². The van der Waals surface area contributed by atoms with Crippen LogP contribution in [0, 0.1) is 0 Å². The molecule has 20 heavy (non-hydrogen) atoms. The molecule has 0 aromatic heterocycles. The molecule has 1 rings (SSSR count). The fourth-order valence-electron chi connectivity index (χ4n) is 2.16. The maximum absolute atomic E-state index is 12.3. The van der Waals surface area contributed by atoms with Crippen LogP contribution >= 0.6 is 11.6 Å². The zero-order chi connectivity index (χ0) is 15.0. The lowest BCUT2D eigenvalue weighted by atomic mass is 10.2. The summed E-state index contributed by atoms with van der Waals surface area (Å²) >= 11 is 6.03. The zero-order valence-corrected chi connectivity index (χ0v) is 13.8. The zero-order valence-electron chi connectivity index (χ0n) is 12.2. The Labute approximate surface area is 127 Å². The van der Waals surface area contributed by atoms with Gasteiger partial charge in [-0.2, -0.15) is 0 Å². The van der Waals surface area contributed by atoms with Crippen LogP contribution in [0.4, 0.5) is 0 Å². The van der Waals surface area contributed by atoms with E-state index in [1.165, 1.54) is 0 Å². The molecule has 1 aromatic carbocycles. The Hall–Kier alpha value is -0.580. The van der Waals surface area contributed by atoms with E-state index >= 15 is 0 Å². The van der Waals surface area contributed by atoms with Crippen molar-refractivity contribution in [2.45, 2.75) is 44.9 Å². The second-order valence-corrected chi connectivity index (χ2v) is 7.60. The molecule has 0 saturated heterocycles. The van der Waals surface area contributed by atoms with Gasteiger partial charge in [0.1, 0.15) is 0 Å². The van der Waals surface area contributed by atoms with Crippen LogP contribution in [-0.2, 0) is 15.6 Å².